The molecule has 0 radical (unpaired) electrons. The number of nitrogens with zero attached hydrogens (tertiary/aromatic N) is 2. The Morgan fingerprint density at radius 3 is 2.03 bits per heavy atom. The number of amides is 1. The molecule has 1 aliphatic rings. The second-order valence-electron chi connectivity index (χ2n) is 7.22. The highest BCUT2D eigenvalue weighted by Crippen LogP contribution is 2.40. The Morgan fingerprint density at radius 1 is 0.903 bits per heavy atom. The Morgan fingerprint density at radius 2 is 1.48 bits per heavy atom. The van der Waals surface area contributed by atoms with E-state index in [-0.39, 0.29) is 12.3 Å². The zero-order valence-corrected chi connectivity index (χ0v) is 18.5. The Bertz CT molecular complexity index is 870. The predicted octanol–water partition coefficient (Wildman–Crippen LogP) is 2.49. The number of hydrogen-bond acceptors (Lipinski definition) is 7. The Balaban J connectivity index is 1.63. The fourth-order valence-electron chi connectivity index (χ4n) is 3.79. The van der Waals surface area contributed by atoms with Gasteiger partial charge < -0.3 is 33.9 Å². The smallest absolute Gasteiger partial charge is 0.225 e. The van der Waals surface area contributed by atoms with Crippen LogP contribution in [0, 0.1) is 0 Å². The lowest BCUT2D eigenvalue weighted by Crippen LogP contribution is -2.49. The van der Waals surface area contributed by atoms with Crippen LogP contribution in [-0.2, 0) is 4.79 Å². The number of piperazine rings is 1. The summed E-state index contributed by atoms with van der Waals surface area (Å²) in [7, 11) is 6.20. The molecule has 2 aromatic rings. The lowest BCUT2D eigenvalue weighted by Gasteiger charge is -2.37. The van der Waals surface area contributed by atoms with E-state index in [1.807, 2.05) is 24.3 Å². The number of aliphatic hydroxyl groups excluding tert-OH is 1. The number of aliphatic hydroxyl groups is 1. The van der Waals surface area contributed by atoms with Gasteiger partial charge in [-0.25, -0.2) is 0 Å². The van der Waals surface area contributed by atoms with Crippen LogP contribution in [0.3, 0.4) is 0 Å². The molecule has 1 heterocycles. The standard InChI is InChI=1S/C23H30N2O6/c1-28-19-8-6-5-7-17(19)24-9-11-25(12-10-24)22(27)15-18(26)16-13-20(29-2)23(31-4)21(14-16)30-3/h5-8,13-14,18,26H,9-12,15H2,1-4H3. The average molecular weight is 431 g/mol. The first-order valence-electron chi connectivity index (χ1n) is 10.2. The van der Waals surface area contributed by atoms with Crippen LogP contribution in [0.15, 0.2) is 36.4 Å². The lowest BCUT2D eigenvalue weighted by molar-refractivity contribution is -0.133. The van der Waals surface area contributed by atoms with Crippen LogP contribution < -0.4 is 23.8 Å². The van der Waals surface area contributed by atoms with Gasteiger partial charge in [0.05, 0.1) is 46.7 Å². The molecular weight excluding hydrogens is 400 g/mol. The van der Waals surface area contributed by atoms with Crippen molar-refractivity contribution in [2.24, 2.45) is 0 Å². The SMILES string of the molecule is COc1ccccc1N1CCN(C(=O)CC(O)c2cc(OC)c(OC)c(OC)c2)CC1. The van der Waals surface area contributed by atoms with E-state index in [2.05, 4.69) is 4.90 Å². The van der Waals surface area contributed by atoms with Crippen molar-refractivity contribution in [2.45, 2.75) is 12.5 Å². The second kappa shape index (κ2) is 10.3. The molecule has 1 amide bonds. The fourth-order valence-corrected chi connectivity index (χ4v) is 3.79. The molecule has 1 saturated heterocycles. The maximum absolute atomic E-state index is 12.8. The highest BCUT2D eigenvalue weighted by atomic mass is 16.5. The normalized spacial score (nSPS) is 14.7. The minimum absolute atomic E-state index is 0.0205. The van der Waals surface area contributed by atoms with E-state index in [1.165, 1.54) is 21.3 Å². The third-order valence-corrected chi connectivity index (χ3v) is 5.50. The first kappa shape index (κ1) is 22.6. The Labute approximate surface area is 182 Å². The molecule has 0 spiro atoms. The zero-order valence-electron chi connectivity index (χ0n) is 18.5. The molecule has 1 fully saturated rings. The summed E-state index contributed by atoms with van der Waals surface area (Å²) in [5.41, 5.74) is 1.56. The number of anilines is 1. The number of methoxy groups -OCH3 is 4. The maximum Gasteiger partial charge on any atom is 0.225 e. The summed E-state index contributed by atoms with van der Waals surface area (Å²) in [6.45, 7) is 2.57. The minimum Gasteiger partial charge on any atom is -0.495 e. The van der Waals surface area contributed by atoms with Crippen molar-refractivity contribution in [2.75, 3.05) is 59.5 Å². The van der Waals surface area contributed by atoms with Crippen LogP contribution in [0.25, 0.3) is 0 Å². The minimum atomic E-state index is -0.978. The van der Waals surface area contributed by atoms with Crippen molar-refractivity contribution in [3.63, 3.8) is 0 Å². The molecule has 0 aromatic heterocycles. The Kier molecular flexibility index (Phi) is 7.46. The summed E-state index contributed by atoms with van der Waals surface area (Å²) in [6, 6.07) is 11.2. The highest BCUT2D eigenvalue weighted by Gasteiger charge is 2.26. The van der Waals surface area contributed by atoms with Crippen LogP contribution in [0.1, 0.15) is 18.1 Å². The van der Waals surface area contributed by atoms with Crippen molar-refractivity contribution in [1.82, 2.24) is 4.90 Å². The van der Waals surface area contributed by atoms with Gasteiger partial charge >= 0.3 is 0 Å². The first-order chi connectivity index (χ1) is 15.0. The van der Waals surface area contributed by atoms with E-state index in [0.29, 0.717) is 49.0 Å². The molecule has 3 rings (SSSR count). The lowest BCUT2D eigenvalue weighted by atomic mass is 10.0. The van der Waals surface area contributed by atoms with Crippen molar-refractivity contribution in [1.29, 1.82) is 0 Å². The summed E-state index contributed by atoms with van der Waals surface area (Å²) in [5.74, 6) is 2.04. The molecule has 0 bridgehead atoms. The molecule has 31 heavy (non-hydrogen) atoms. The third-order valence-electron chi connectivity index (χ3n) is 5.50. The van der Waals surface area contributed by atoms with E-state index in [1.54, 1.807) is 24.1 Å². The number of rotatable bonds is 8. The van der Waals surface area contributed by atoms with Crippen LogP contribution in [0.5, 0.6) is 23.0 Å². The predicted molar refractivity (Wildman–Crippen MR) is 117 cm³/mol. The molecular formula is C23H30N2O6. The third kappa shape index (κ3) is 4.96. The summed E-state index contributed by atoms with van der Waals surface area (Å²) in [5, 5.41) is 10.7. The van der Waals surface area contributed by atoms with Gasteiger partial charge in [-0.1, -0.05) is 12.1 Å². The molecule has 8 nitrogen and oxygen atoms in total. The van der Waals surface area contributed by atoms with Gasteiger partial charge in [-0.2, -0.15) is 0 Å². The Hall–Kier alpha value is -3.13. The van der Waals surface area contributed by atoms with E-state index >= 15 is 0 Å². The summed E-state index contributed by atoms with van der Waals surface area (Å²) >= 11 is 0. The number of hydrogen-bond donors (Lipinski definition) is 1. The van der Waals surface area contributed by atoms with Crippen molar-refractivity contribution in [3.8, 4) is 23.0 Å². The molecule has 0 aliphatic carbocycles. The average Bonchev–Trinajstić information content (AvgIpc) is 2.82. The van der Waals surface area contributed by atoms with Crippen molar-refractivity contribution in [3.05, 3.63) is 42.0 Å². The maximum atomic E-state index is 12.8. The van der Waals surface area contributed by atoms with E-state index in [0.717, 1.165) is 11.4 Å². The molecule has 2 aromatic carbocycles. The van der Waals surface area contributed by atoms with Gasteiger partial charge in [-0.3, -0.25) is 4.79 Å². The fraction of sp³-hybridized carbons (Fsp3) is 0.435. The molecule has 8 heteroatoms. The number of para-hydroxylation sites is 2. The second-order valence-corrected chi connectivity index (χ2v) is 7.22. The molecule has 0 saturated carbocycles. The monoisotopic (exact) mass is 430 g/mol. The number of carbonyl (C=O) groups is 1. The number of carbonyl (C=O) groups excluding carboxylic acids is 1. The first-order valence-corrected chi connectivity index (χ1v) is 10.2. The molecule has 1 unspecified atom stereocenters. The van der Waals surface area contributed by atoms with Gasteiger partial charge in [-0.15, -0.1) is 0 Å². The highest BCUT2D eigenvalue weighted by molar-refractivity contribution is 5.77. The quantitative estimate of drug-likeness (QED) is 0.689. The summed E-state index contributed by atoms with van der Waals surface area (Å²) in [4.78, 5) is 16.8. The van der Waals surface area contributed by atoms with Gasteiger partial charge in [-0.05, 0) is 29.8 Å². The van der Waals surface area contributed by atoms with Crippen molar-refractivity contribution < 1.29 is 28.8 Å². The molecule has 1 atom stereocenters. The van der Waals surface area contributed by atoms with Crippen LogP contribution >= 0.6 is 0 Å². The summed E-state index contributed by atoms with van der Waals surface area (Å²) in [6.07, 6.45) is -0.999. The molecule has 1 aliphatic heterocycles. The molecule has 1 N–H and O–H groups in total. The van der Waals surface area contributed by atoms with E-state index in [9.17, 15) is 9.90 Å². The van der Waals surface area contributed by atoms with Crippen LogP contribution in [-0.4, -0.2) is 70.5 Å². The van der Waals surface area contributed by atoms with Crippen molar-refractivity contribution >= 4 is 11.6 Å². The van der Waals surface area contributed by atoms with Gasteiger partial charge in [0.1, 0.15) is 5.75 Å². The van der Waals surface area contributed by atoms with Gasteiger partial charge in [0.2, 0.25) is 11.7 Å². The molecule has 168 valence electrons. The van der Waals surface area contributed by atoms with Gasteiger partial charge in [0.15, 0.2) is 11.5 Å². The summed E-state index contributed by atoms with van der Waals surface area (Å²) < 4.78 is 21.4. The van der Waals surface area contributed by atoms with Crippen LogP contribution in [0.2, 0.25) is 0 Å². The number of benzene rings is 2. The van der Waals surface area contributed by atoms with Crippen LogP contribution in [0.4, 0.5) is 5.69 Å². The van der Waals surface area contributed by atoms with E-state index < -0.39 is 6.10 Å². The van der Waals surface area contributed by atoms with Gasteiger partial charge in [0.25, 0.3) is 0 Å². The topological polar surface area (TPSA) is 80.7 Å². The van der Waals surface area contributed by atoms with E-state index in [4.69, 9.17) is 18.9 Å². The largest absolute Gasteiger partial charge is 0.495 e. The zero-order chi connectivity index (χ0) is 22.4. The number of ether oxygens (including phenoxy) is 4. The van der Waals surface area contributed by atoms with Gasteiger partial charge in [0, 0.05) is 26.2 Å².